The zero-order valence-electron chi connectivity index (χ0n) is 30.7. The molecule has 8 rings (SSSR count). The molecule has 1 unspecified atom stereocenters. The Morgan fingerprint density at radius 1 is 1.19 bits per heavy atom. The largest absolute Gasteiger partial charge is 0.490 e. The number of H-pyrrole nitrogens is 1. The zero-order valence-corrected chi connectivity index (χ0v) is 32.3. The van der Waals surface area contributed by atoms with Crippen LogP contribution in [-0.4, -0.2) is 68.9 Å². The van der Waals surface area contributed by atoms with E-state index >= 15 is 4.21 Å². The van der Waals surface area contributed by atoms with E-state index in [1.807, 2.05) is 45.3 Å². The first kappa shape index (κ1) is 35.9. The van der Waals surface area contributed by atoms with Crippen molar-refractivity contribution in [2.45, 2.75) is 69.1 Å². The molecule has 1 fully saturated rings. The Bertz CT molecular complexity index is 2250. The number of ether oxygens (including phenoxy) is 2. The lowest BCUT2D eigenvalue weighted by Crippen LogP contribution is -2.49. The molecule has 13 heteroatoms. The molecule has 7 atom stereocenters. The van der Waals surface area contributed by atoms with E-state index in [1.165, 1.54) is 23.0 Å². The van der Waals surface area contributed by atoms with Crippen LogP contribution in [0.3, 0.4) is 0 Å². The van der Waals surface area contributed by atoms with Gasteiger partial charge >= 0.3 is 0 Å². The fraction of sp³-hybridized carbons (Fsp3) is 0.475. The van der Waals surface area contributed by atoms with Gasteiger partial charge in [0.15, 0.2) is 12.9 Å². The van der Waals surface area contributed by atoms with Gasteiger partial charge in [-0.3, -0.25) is 4.79 Å². The minimum atomic E-state index is -3.35. The van der Waals surface area contributed by atoms with Gasteiger partial charge in [-0.1, -0.05) is 36.7 Å². The van der Waals surface area contributed by atoms with E-state index in [1.54, 1.807) is 17.9 Å². The minimum absolute atomic E-state index is 0.0373. The molecule has 2 aromatic heterocycles. The molecule has 4 heterocycles. The monoisotopic (exact) mass is 756 g/mol. The molecule has 1 amide bonds. The maximum atomic E-state index is 15.0. The number of nitrogens with one attached hydrogen (secondary N) is 1. The number of aryl methyl sites for hydroxylation is 2. The molecule has 11 nitrogen and oxygen atoms in total. The fourth-order valence-corrected chi connectivity index (χ4v) is 10.7. The third-order valence-corrected chi connectivity index (χ3v) is 14.7. The Labute approximate surface area is 316 Å². The molecule has 53 heavy (non-hydrogen) atoms. The number of amides is 1. The van der Waals surface area contributed by atoms with Crippen LogP contribution in [0.4, 0.5) is 11.5 Å². The Kier molecular flexibility index (Phi) is 9.65. The first-order chi connectivity index (χ1) is 25.6. The SMILES string of the molecule is CO[C@H]1/C=C/C[C@H](C)[C@@H](C)S(=O)(C=Nc2ncnc3[nH][n+](C)cc23)=NC(=O)c2ccc3c(c2)N(C[C@@H]2CC[C@H]21)C[C@@]1(CCCc2cc(Cl)ccc21)CO3. The number of methoxy groups -OCH3 is 1. The number of aromatic amines is 1. The van der Waals surface area contributed by atoms with Crippen LogP contribution in [0.15, 0.2) is 70.4 Å². The molecule has 4 aliphatic rings. The Balaban J connectivity index is 1.23. The van der Waals surface area contributed by atoms with Crippen LogP contribution in [0, 0.1) is 17.8 Å². The van der Waals surface area contributed by atoms with Crippen LogP contribution in [0.5, 0.6) is 5.75 Å². The highest BCUT2D eigenvalue weighted by atomic mass is 35.5. The van der Waals surface area contributed by atoms with E-state index in [4.69, 9.17) is 21.1 Å². The first-order valence-corrected chi connectivity index (χ1v) is 20.6. The van der Waals surface area contributed by atoms with Crippen molar-refractivity contribution in [1.82, 2.24) is 15.1 Å². The van der Waals surface area contributed by atoms with Crippen LogP contribution in [0.25, 0.3) is 11.0 Å². The number of carbonyl (C=O) groups is 1. The topological polar surface area (TPSA) is 126 Å². The summed E-state index contributed by atoms with van der Waals surface area (Å²) in [6, 6.07) is 11.8. The van der Waals surface area contributed by atoms with Gasteiger partial charge in [-0.25, -0.2) is 19.2 Å². The smallest absolute Gasteiger partial charge is 0.285 e. The highest BCUT2D eigenvalue weighted by Crippen LogP contribution is 2.47. The Morgan fingerprint density at radius 2 is 2.06 bits per heavy atom. The average molecular weight is 757 g/mol. The van der Waals surface area contributed by atoms with Crippen molar-refractivity contribution < 1.29 is 23.2 Å². The predicted molar refractivity (Wildman–Crippen MR) is 208 cm³/mol. The number of benzene rings is 2. The molecule has 2 bridgehead atoms. The number of aliphatic imine (C=N–C) groups is 1. The molecule has 4 aromatic rings. The number of allylic oxidation sites excluding steroid dienone is 1. The average Bonchev–Trinajstić information content (AvgIpc) is 3.46. The number of rotatable bonds is 3. The van der Waals surface area contributed by atoms with Crippen molar-refractivity contribution in [3.63, 3.8) is 0 Å². The lowest BCUT2D eigenvalue weighted by atomic mass is 9.68. The van der Waals surface area contributed by atoms with Gasteiger partial charge in [0.2, 0.25) is 11.8 Å². The quantitative estimate of drug-likeness (QED) is 0.104. The van der Waals surface area contributed by atoms with E-state index in [0.717, 1.165) is 61.7 Å². The highest BCUT2D eigenvalue weighted by molar-refractivity contribution is 8.07. The van der Waals surface area contributed by atoms with Crippen LogP contribution in [-0.2, 0) is 33.3 Å². The molecule has 1 N–H and O–H groups in total. The number of hydrogen-bond donors (Lipinski definition) is 1. The van der Waals surface area contributed by atoms with Crippen molar-refractivity contribution in [3.05, 3.63) is 82.8 Å². The number of anilines is 1. The number of hydrogen-bond acceptors (Lipinski definition) is 8. The van der Waals surface area contributed by atoms with Gasteiger partial charge in [-0.05, 0) is 105 Å². The fourth-order valence-electron chi connectivity index (χ4n) is 8.73. The van der Waals surface area contributed by atoms with Crippen molar-refractivity contribution in [2.75, 3.05) is 31.7 Å². The standard InChI is InChI=1S/C40H46ClN7O4S/c1-25-7-5-9-35(51-4)31-13-10-29(31)19-48-21-40(16-6-8-27-17-30(41)12-14-33(27)40)22-52-36-15-11-28(18-34(36)48)39(49)46-53(50,26(25)2)24-44-37-32-20-47(3)45-38(32)43-23-42-37/h5,9,11-12,14-15,17-18,20,23-26,29,31,35H,6-8,10,13,16,19,21-22H2,1-4H3/p+1/b9-5+,44-24?/t25-,26+,29-,31+,35-,40-,53?/m0/s1. The maximum absolute atomic E-state index is 15.0. The van der Waals surface area contributed by atoms with Crippen LogP contribution in [0.2, 0.25) is 5.02 Å². The molecule has 278 valence electrons. The molecule has 2 aromatic carbocycles. The second-order valence-corrected chi connectivity index (χ2v) is 18.2. The highest BCUT2D eigenvalue weighted by Gasteiger charge is 2.44. The van der Waals surface area contributed by atoms with Gasteiger partial charge in [0.25, 0.3) is 5.91 Å². The number of carbonyl (C=O) groups excluding carboxylic acids is 1. The lowest BCUT2D eigenvalue weighted by Gasteiger charge is -2.46. The van der Waals surface area contributed by atoms with Crippen LogP contribution < -0.4 is 14.3 Å². The molecule has 2 aliphatic heterocycles. The predicted octanol–water partition coefficient (Wildman–Crippen LogP) is 6.90. The van der Waals surface area contributed by atoms with Gasteiger partial charge in [-0.2, -0.15) is 4.36 Å². The van der Waals surface area contributed by atoms with Crippen molar-refractivity contribution in [1.29, 1.82) is 0 Å². The van der Waals surface area contributed by atoms with Crippen molar-refractivity contribution in [3.8, 4) is 5.75 Å². The molecule has 2 aliphatic carbocycles. The van der Waals surface area contributed by atoms with E-state index in [0.29, 0.717) is 47.3 Å². The van der Waals surface area contributed by atoms with Gasteiger partial charge in [0.05, 0.1) is 28.1 Å². The normalized spacial score (nSPS) is 30.9. The van der Waals surface area contributed by atoms with E-state index in [9.17, 15) is 4.79 Å². The van der Waals surface area contributed by atoms with Gasteiger partial charge in [0, 0.05) is 41.5 Å². The van der Waals surface area contributed by atoms with Gasteiger partial charge in [-0.15, -0.1) is 9.78 Å². The number of halogens is 1. The molecule has 0 saturated heterocycles. The van der Waals surface area contributed by atoms with Crippen molar-refractivity contribution in [2.24, 2.45) is 34.2 Å². The summed E-state index contributed by atoms with van der Waals surface area (Å²) < 4.78 is 34.1. The summed E-state index contributed by atoms with van der Waals surface area (Å²) in [5.41, 5.74) is 5.48. The van der Waals surface area contributed by atoms with Crippen molar-refractivity contribution >= 4 is 55.3 Å². The number of nitrogens with zero attached hydrogens (tertiary/aromatic N) is 6. The van der Waals surface area contributed by atoms with E-state index < -0.39 is 20.9 Å². The molecular formula is C40H47ClN7O4S+. The third kappa shape index (κ3) is 6.78. The van der Waals surface area contributed by atoms with Gasteiger partial charge in [0.1, 0.15) is 23.0 Å². The molecule has 1 saturated carbocycles. The Morgan fingerprint density at radius 3 is 2.87 bits per heavy atom. The zero-order chi connectivity index (χ0) is 36.9. The summed E-state index contributed by atoms with van der Waals surface area (Å²) in [4.78, 5) is 29.9. The molecule has 1 spiro atoms. The lowest BCUT2D eigenvalue weighted by molar-refractivity contribution is -0.724. The van der Waals surface area contributed by atoms with E-state index in [2.05, 4.69) is 53.6 Å². The summed E-state index contributed by atoms with van der Waals surface area (Å²) in [5, 5.41) is 4.02. The number of aromatic nitrogens is 4. The maximum Gasteiger partial charge on any atom is 0.285 e. The summed E-state index contributed by atoms with van der Waals surface area (Å²) in [5.74, 6) is 1.20. The summed E-state index contributed by atoms with van der Waals surface area (Å²) in [7, 11) is 0.289. The van der Waals surface area contributed by atoms with Crippen LogP contribution in [0.1, 0.15) is 67.4 Å². The first-order valence-electron chi connectivity index (χ1n) is 18.6. The molecular weight excluding hydrogens is 710 g/mol. The van der Waals surface area contributed by atoms with E-state index in [-0.39, 0.29) is 17.4 Å². The summed E-state index contributed by atoms with van der Waals surface area (Å²) in [6.07, 6.45) is 13.4. The second-order valence-electron chi connectivity index (χ2n) is 15.4. The van der Waals surface area contributed by atoms with Gasteiger partial charge < -0.3 is 14.4 Å². The summed E-state index contributed by atoms with van der Waals surface area (Å²) in [6.45, 7) is 5.99. The summed E-state index contributed by atoms with van der Waals surface area (Å²) >= 11 is 6.48. The Hall–Kier alpha value is -4.13. The number of fused-ring (bicyclic) bond motifs is 5. The third-order valence-electron chi connectivity index (χ3n) is 12.1. The van der Waals surface area contributed by atoms with Crippen LogP contribution >= 0.6 is 11.6 Å². The second kappa shape index (κ2) is 14.3. The molecule has 0 radical (unpaired) electrons. The minimum Gasteiger partial charge on any atom is -0.490 e.